The molecule has 1 rings (SSSR count). The first-order valence-electron chi connectivity index (χ1n) is 5.75. The fourth-order valence-corrected chi connectivity index (χ4v) is 1.65. The molecule has 0 radical (unpaired) electrons. The molecule has 16 heavy (non-hydrogen) atoms. The normalized spacial score (nSPS) is 22.9. The lowest BCUT2D eigenvalue weighted by atomic mass is 10.2. The fourth-order valence-electron chi connectivity index (χ4n) is 1.65. The molecule has 0 bridgehead atoms. The highest BCUT2D eigenvalue weighted by Gasteiger charge is 2.19. The Morgan fingerprint density at radius 2 is 2.25 bits per heavy atom. The van der Waals surface area contributed by atoms with Crippen LogP contribution < -0.4 is 10.6 Å². The molecule has 94 valence electrons. The molecule has 0 unspecified atom stereocenters. The maximum atomic E-state index is 11.4. The standard InChI is InChI=1S/C11H23N3O2/c1-11(2,3)16-10(15)13-7-9-8-14(4)6-5-12-9/h9,12H,5-8H2,1-4H3,(H,13,15)/t9-/m1/s1. The van der Waals surface area contributed by atoms with Crippen molar-refractivity contribution in [3.8, 4) is 0 Å². The van der Waals surface area contributed by atoms with Crippen LogP contribution in [0.15, 0.2) is 0 Å². The maximum Gasteiger partial charge on any atom is 0.407 e. The monoisotopic (exact) mass is 229 g/mol. The summed E-state index contributed by atoms with van der Waals surface area (Å²) < 4.78 is 5.16. The molecule has 1 atom stereocenters. The van der Waals surface area contributed by atoms with Gasteiger partial charge in [0.2, 0.25) is 0 Å². The lowest BCUT2D eigenvalue weighted by Gasteiger charge is -2.31. The molecule has 0 aromatic heterocycles. The highest BCUT2D eigenvalue weighted by atomic mass is 16.6. The van der Waals surface area contributed by atoms with E-state index >= 15 is 0 Å². The summed E-state index contributed by atoms with van der Waals surface area (Å²) in [5, 5.41) is 6.13. The van der Waals surface area contributed by atoms with E-state index in [1.807, 2.05) is 20.8 Å². The van der Waals surface area contributed by atoms with Crippen LogP contribution in [0.5, 0.6) is 0 Å². The Labute approximate surface area is 97.5 Å². The largest absolute Gasteiger partial charge is 0.444 e. The molecule has 0 aromatic rings. The van der Waals surface area contributed by atoms with E-state index in [9.17, 15) is 4.79 Å². The van der Waals surface area contributed by atoms with E-state index < -0.39 is 5.60 Å². The van der Waals surface area contributed by atoms with Gasteiger partial charge in [0.15, 0.2) is 0 Å². The van der Waals surface area contributed by atoms with Crippen molar-refractivity contribution in [2.24, 2.45) is 0 Å². The van der Waals surface area contributed by atoms with Gasteiger partial charge in [0.05, 0.1) is 0 Å². The molecule has 5 heteroatoms. The zero-order valence-electron chi connectivity index (χ0n) is 10.7. The van der Waals surface area contributed by atoms with Crippen molar-refractivity contribution in [3.63, 3.8) is 0 Å². The zero-order valence-corrected chi connectivity index (χ0v) is 10.7. The Morgan fingerprint density at radius 3 is 2.81 bits per heavy atom. The van der Waals surface area contributed by atoms with E-state index in [2.05, 4.69) is 22.6 Å². The number of nitrogens with zero attached hydrogens (tertiary/aromatic N) is 1. The van der Waals surface area contributed by atoms with E-state index in [0.717, 1.165) is 19.6 Å². The number of alkyl carbamates (subject to hydrolysis) is 1. The second-order valence-electron chi connectivity index (χ2n) is 5.30. The number of rotatable bonds is 2. The Balaban J connectivity index is 2.21. The van der Waals surface area contributed by atoms with Gasteiger partial charge >= 0.3 is 6.09 Å². The third-order valence-electron chi connectivity index (χ3n) is 2.35. The number of ether oxygens (including phenoxy) is 1. The van der Waals surface area contributed by atoms with Crippen LogP contribution in [0.2, 0.25) is 0 Å². The molecular weight excluding hydrogens is 206 g/mol. The van der Waals surface area contributed by atoms with E-state index in [1.54, 1.807) is 0 Å². The Bertz CT molecular complexity index is 238. The van der Waals surface area contributed by atoms with Crippen LogP contribution in [-0.2, 0) is 4.74 Å². The molecular formula is C11H23N3O2. The summed E-state index contributed by atoms with van der Waals surface area (Å²) in [7, 11) is 2.08. The minimum Gasteiger partial charge on any atom is -0.444 e. The summed E-state index contributed by atoms with van der Waals surface area (Å²) in [6.45, 7) is 9.17. The Kier molecular flexibility index (Phi) is 4.56. The minimum absolute atomic E-state index is 0.311. The van der Waals surface area contributed by atoms with Gasteiger partial charge in [-0.2, -0.15) is 0 Å². The molecule has 2 N–H and O–H groups in total. The van der Waals surface area contributed by atoms with E-state index in [1.165, 1.54) is 0 Å². The van der Waals surface area contributed by atoms with Gasteiger partial charge in [-0.25, -0.2) is 4.79 Å². The molecule has 1 heterocycles. The van der Waals surface area contributed by atoms with Gasteiger partial charge < -0.3 is 20.3 Å². The summed E-state index contributed by atoms with van der Waals surface area (Å²) in [6.07, 6.45) is -0.345. The summed E-state index contributed by atoms with van der Waals surface area (Å²) in [6, 6.07) is 0.311. The van der Waals surface area contributed by atoms with Crippen LogP contribution in [0.4, 0.5) is 4.79 Å². The number of nitrogens with one attached hydrogen (secondary N) is 2. The lowest BCUT2D eigenvalue weighted by molar-refractivity contribution is 0.0517. The first kappa shape index (κ1) is 13.3. The fraction of sp³-hybridized carbons (Fsp3) is 0.909. The predicted octanol–water partition coefficient (Wildman–Crippen LogP) is 0.415. The van der Waals surface area contributed by atoms with Gasteiger partial charge in [-0.1, -0.05) is 0 Å². The van der Waals surface area contributed by atoms with Crippen molar-refractivity contribution in [1.82, 2.24) is 15.5 Å². The molecule has 1 amide bonds. The summed E-state index contributed by atoms with van der Waals surface area (Å²) >= 11 is 0. The van der Waals surface area contributed by atoms with Crippen LogP contribution in [0.3, 0.4) is 0 Å². The van der Waals surface area contributed by atoms with Gasteiger partial charge in [0.25, 0.3) is 0 Å². The maximum absolute atomic E-state index is 11.4. The molecule has 1 saturated heterocycles. The number of hydrogen-bond acceptors (Lipinski definition) is 4. The number of amides is 1. The molecule has 0 spiro atoms. The second kappa shape index (κ2) is 5.50. The molecule has 5 nitrogen and oxygen atoms in total. The summed E-state index contributed by atoms with van der Waals surface area (Å²) in [5.41, 5.74) is -0.430. The average Bonchev–Trinajstić information content (AvgIpc) is 2.12. The highest BCUT2D eigenvalue weighted by molar-refractivity contribution is 5.67. The van der Waals surface area contributed by atoms with Crippen LogP contribution >= 0.6 is 0 Å². The summed E-state index contributed by atoms with van der Waals surface area (Å²) in [5.74, 6) is 0. The number of likely N-dealkylation sites (N-methyl/N-ethyl adjacent to an activating group) is 1. The summed E-state index contributed by atoms with van der Waals surface area (Å²) in [4.78, 5) is 13.7. The van der Waals surface area contributed by atoms with Crippen molar-refractivity contribution in [2.75, 3.05) is 33.2 Å². The Hall–Kier alpha value is -0.810. The number of carbonyl (C=O) groups excluding carboxylic acids is 1. The molecule has 1 aliphatic rings. The molecule has 0 aromatic carbocycles. The van der Waals surface area contributed by atoms with Gasteiger partial charge in [-0.05, 0) is 27.8 Å². The second-order valence-corrected chi connectivity index (χ2v) is 5.30. The van der Waals surface area contributed by atoms with Crippen LogP contribution in [0.25, 0.3) is 0 Å². The Morgan fingerprint density at radius 1 is 1.56 bits per heavy atom. The third kappa shape index (κ3) is 5.32. The first-order chi connectivity index (χ1) is 7.37. The molecule has 0 aliphatic carbocycles. The minimum atomic E-state index is -0.430. The van der Waals surface area contributed by atoms with Gasteiger partial charge in [0.1, 0.15) is 5.60 Å². The van der Waals surface area contributed by atoms with Crippen molar-refractivity contribution in [1.29, 1.82) is 0 Å². The van der Waals surface area contributed by atoms with Gasteiger partial charge in [0, 0.05) is 32.2 Å². The quantitative estimate of drug-likeness (QED) is 0.720. The topological polar surface area (TPSA) is 53.6 Å². The van der Waals surface area contributed by atoms with Crippen LogP contribution in [0.1, 0.15) is 20.8 Å². The SMILES string of the molecule is CN1CCN[C@H](CNC(=O)OC(C)(C)C)C1. The zero-order chi connectivity index (χ0) is 12.2. The molecule has 1 aliphatic heterocycles. The van der Waals surface area contributed by atoms with E-state index in [-0.39, 0.29) is 6.09 Å². The van der Waals surface area contributed by atoms with Crippen molar-refractivity contribution in [2.45, 2.75) is 32.4 Å². The lowest BCUT2D eigenvalue weighted by Crippen LogP contribution is -2.54. The molecule has 0 saturated carbocycles. The van der Waals surface area contributed by atoms with Crippen molar-refractivity contribution in [3.05, 3.63) is 0 Å². The van der Waals surface area contributed by atoms with Crippen molar-refractivity contribution >= 4 is 6.09 Å². The smallest absolute Gasteiger partial charge is 0.407 e. The van der Waals surface area contributed by atoms with E-state index in [4.69, 9.17) is 4.74 Å². The number of hydrogen-bond donors (Lipinski definition) is 2. The highest BCUT2D eigenvalue weighted by Crippen LogP contribution is 2.06. The van der Waals surface area contributed by atoms with Gasteiger partial charge in [-0.15, -0.1) is 0 Å². The number of piperazine rings is 1. The van der Waals surface area contributed by atoms with E-state index in [0.29, 0.717) is 12.6 Å². The average molecular weight is 229 g/mol. The number of carbonyl (C=O) groups is 1. The third-order valence-corrected chi connectivity index (χ3v) is 2.35. The van der Waals surface area contributed by atoms with Crippen molar-refractivity contribution < 1.29 is 9.53 Å². The van der Waals surface area contributed by atoms with Crippen LogP contribution in [0, 0.1) is 0 Å². The van der Waals surface area contributed by atoms with Crippen LogP contribution in [-0.4, -0.2) is 55.9 Å². The molecule has 1 fully saturated rings. The van der Waals surface area contributed by atoms with Gasteiger partial charge in [-0.3, -0.25) is 0 Å². The predicted molar refractivity (Wildman–Crippen MR) is 63.5 cm³/mol. The first-order valence-corrected chi connectivity index (χ1v) is 5.75.